The molecule has 102 valence electrons. The van der Waals surface area contributed by atoms with Gasteiger partial charge in [-0.1, -0.05) is 32.3 Å². The van der Waals surface area contributed by atoms with Gasteiger partial charge in [-0.25, -0.2) is 0 Å². The lowest BCUT2D eigenvalue weighted by Crippen LogP contribution is -2.35. The van der Waals surface area contributed by atoms with E-state index in [1.165, 1.54) is 6.42 Å². The first-order valence-corrected chi connectivity index (χ1v) is 6.31. The van der Waals surface area contributed by atoms with Crippen molar-refractivity contribution in [1.29, 1.82) is 0 Å². The molecule has 0 rings (SSSR count). The maximum Gasteiger partial charge on any atom is 0.144 e. The molecule has 0 heterocycles. The van der Waals surface area contributed by atoms with E-state index in [0.29, 0.717) is 0 Å². The largest absolute Gasteiger partial charge is 0.409 e. The summed E-state index contributed by atoms with van der Waals surface area (Å²) in [6, 6.07) is 0. The number of nitrogens with one attached hydrogen (secondary N) is 1. The number of nitrogens with two attached hydrogens (primary N) is 1. The van der Waals surface area contributed by atoms with Gasteiger partial charge in [-0.15, -0.1) is 0 Å². The van der Waals surface area contributed by atoms with Gasteiger partial charge >= 0.3 is 0 Å². The number of rotatable bonds is 10. The molecule has 4 N–H and O–H groups in total. The Morgan fingerprint density at radius 3 is 2.65 bits per heavy atom. The minimum atomic E-state index is -0.273. The highest BCUT2D eigenvalue weighted by atomic mass is 16.5. The third-order valence-electron chi connectivity index (χ3n) is 2.79. The van der Waals surface area contributed by atoms with Crippen LogP contribution in [0.3, 0.4) is 0 Å². The Bertz CT molecular complexity index is 218. The Balaban J connectivity index is 3.45. The van der Waals surface area contributed by atoms with Gasteiger partial charge in [-0.2, -0.15) is 0 Å². The number of ether oxygens (including phenoxy) is 1. The number of oxime groups is 1. The molecule has 0 unspecified atom stereocenters. The highest BCUT2D eigenvalue weighted by Crippen LogP contribution is 2.19. The Kier molecular flexibility index (Phi) is 8.80. The van der Waals surface area contributed by atoms with E-state index >= 15 is 0 Å². The molecular formula is C12H27N3O2. The lowest BCUT2D eigenvalue weighted by Gasteiger charge is -2.22. The quantitative estimate of drug-likeness (QED) is 0.179. The third kappa shape index (κ3) is 7.99. The summed E-state index contributed by atoms with van der Waals surface area (Å²) < 4.78 is 5.42. The summed E-state index contributed by atoms with van der Waals surface area (Å²) in [4.78, 5) is 0. The first-order chi connectivity index (χ1) is 8.04. The van der Waals surface area contributed by atoms with Crippen molar-refractivity contribution in [2.45, 2.75) is 40.0 Å². The second kappa shape index (κ2) is 9.24. The molecule has 5 heteroatoms. The lowest BCUT2D eigenvalue weighted by atomic mass is 9.88. The van der Waals surface area contributed by atoms with Gasteiger partial charge in [0.05, 0.1) is 6.61 Å². The van der Waals surface area contributed by atoms with Gasteiger partial charge in [0, 0.05) is 18.6 Å². The van der Waals surface area contributed by atoms with Gasteiger partial charge < -0.3 is 21.0 Å². The van der Waals surface area contributed by atoms with E-state index in [4.69, 9.17) is 15.7 Å². The Labute approximate surface area is 104 Å². The van der Waals surface area contributed by atoms with Crippen molar-refractivity contribution in [3.05, 3.63) is 0 Å². The topological polar surface area (TPSA) is 79.9 Å². The van der Waals surface area contributed by atoms with Crippen molar-refractivity contribution in [1.82, 2.24) is 5.32 Å². The molecule has 0 fully saturated rings. The van der Waals surface area contributed by atoms with Crippen molar-refractivity contribution in [3.8, 4) is 0 Å². The average molecular weight is 245 g/mol. The minimum absolute atomic E-state index is 0.273. The van der Waals surface area contributed by atoms with Crippen LogP contribution in [0.1, 0.15) is 40.0 Å². The molecule has 0 aliphatic carbocycles. The number of nitrogens with zero attached hydrogens (tertiary/aromatic N) is 1. The van der Waals surface area contributed by atoms with Crippen molar-refractivity contribution < 1.29 is 9.94 Å². The highest BCUT2D eigenvalue weighted by Gasteiger charge is 2.22. The van der Waals surface area contributed by atoms with E-state index in [1.807, 2.05) is 13.8 Å². The van der Waals surface area contributed by atoms with Crippen LogP contribution in [-0.4, -0.2) is 37.3 Å². The molecule has 0 aliphatic heterocycles. The molecule has 0 aromatic rings. The predicted molar refractivity (Wildman–Crippen MR) is 70.4 cm³/mol. The van der Waals surface area contributed by atoms with Gasteiger partial charge in [0.1, 0.15) is 5.84 Å². The van der Waals surface area contributed by atoms with Crippen molar-refractivity contribution in [3.63, 3.8) is 0 Å². The molecular weight excluding hydrogens is 218 g/mol. The molecule has 17 heavy (non-hydrogen) atoms. The van der Waals surface area contributed by atoms with Crippen molar-refractivity contribution >= 4 is 5.84 Å². The van der Waals surface area contributed by atoms with Crippen LogP contribution in [0, 0.1) is 5.41 Å². The molecule has 0 spiro atoms. The maximum absolute atomic E-state index is 8.62. The SMILES string of the molecule is CCCCOCCNCCC(C)(C)C(N)=NO. The van der Waals surface area contributed by atoms with E-state index in [1.54, 1.807) is 0 Å². The molecule has 0 saturated carbocycles. The molecule has 0 amide bonds. The lowest BCUT2D eigenvalue weighted by molar-refractivity contribution is 0.132. The van der Waals surface area contributed by atoms with Crippen molar-refractivity contribution in [2.24, 2.45) is 16.3 Å². The van der Waals surface area contributed by atoms with Crippen LogP contribution in [0.2, 0.25) is 0 Å². The van der Waals surface area contributed by atoms with Gasteiger partial charge in [-0.05, 0) is 19.4 Å². The molecule has 0 atom stereocenters. The number of hydrogen-bond acceptors (Lipinski definition) is 4. The Morgan fingerprint density at radius 2 is 2.06 bits per heavy atom. The van der Waals surface area contributed by atoms with Crippen LogP contribution in [-0.2, 0) is 4.74 Å². The zero-order valence-corrected chi connectivity index (χ0v) is 11.3. The highest BCUT2D eigenvalue weighted by molar-refractivity contribution is 5.85. The standard InChI is InChI=1S/C12H27N3O2/c1-4-5-9-17-10-8-14-7-6-12(2,3)11(13)15-16/h14,16H,4-10H2,1-3H3,(H2,13,15). The van der Waals surface area contributed by atoms with E-state index in [9.17, 15) is 0 Å². The zero-order valence-electron chi connectivity index (χ0n) is 11.3. The molecule has 0 aromatic carbocycles. The van der Waals surface area contributed by atoms with Gasteiger partial charge in [0.15, 0.2) is 0 Å². The molecule has 0 saturated heterocycles. The first-order valence-electron chi connectivity index (χ1n) is 6.31. The normalized spacial score (nSPS) is 13.0. The van der Waals surface area contributed by atoms with Crippen LogP contribution in [0.4, 0.5) is 0 Å². The monoisotopic (exact) mass is 245 g/mol. The fourth-order valence-corrected chi connectivity index (χ4v) is 1.28. The summed E-state index contributed by atoms with van der Waals surface area (Å²) in [6.45, 7) is 9.33. The number of unbranched alkanes of at least 4 members (excludes halogenated alkanes) is 1. The minimum Gasteiger partial charge on any atom is -0.409 e. The Hall–Kier alpha value is -0.810. The predicted octanol–water partition coefficient (Wildman–Crippen LogP) is 1.56. The molecule has 0 aromatic heterocycles. The smallest absolute Gasteiger partial charge is 0.144 e. The summed E-state index contributed by atoms with van der Waals surface area (Å²) in [5, 5.41) is 14.9. The molecule has 0 bridgehead atoms. The maximum atomic E-state index is 8.62. The van der Waals surface area contributed by atoms with E-state index in [2.05, 4.69) is 17.4 Å². The average Bonchev–Trinajstić information content (AvgIpc) is 2.31. The molecule has 0 radical (unpaired) electrons. The number of hydrogen-bond donors (Lipinski definition) is 3. The van der Waals surface area contributed by atoms with Crippen LogP contribution in [0.5, 0.6) is 0 Å². The van der Waals surface area contributed by atoms with E-state index < -0.39 is 0 Å². The van der Waals surface area contributed by atoms with Crippen LogP contribution in [0.15, 0.2) is 5.16 Å². The summed E-state index contributed by atoms with van der Waals surface area (Å²) in [5.74, 6) is 0.276. The third-order valence-corrected chi connectivity index (χ3v) is 2.79. The zero-order chi connectivity index (χ0) is 13.1. The van der Waals surface area contributed by atoms with Crippen LogP contribution >= 0.6 is 0 Å². The van der Waals surface area contributed by atoms with Crippen LogP contribution < -0.4 is 11.1 Å². The van der Waals surface area contributed by atoms with Gasteiger partial charge in [-0.3, -0.25) is 0 Å². The number of amidine groups is 1. The first kappa shape index (κ1) is 16.2. The van der Waals surface area contributed by atoms with E-state index in [0.717, 1.165) is 39.1 Å². The second-order valence-corrected chi connectivity index (χ2v) is 4.84. The van der Waals surface area contributed by atoms with Crippen LogP contribution in [0.25, 0.3) is 0 Å². The van der Waals surface area contributed by atoms with Gasteiger partial charge in [0.25, 0.3) is 0 Å². The van der Waals surface area contributed by atoms with Gasteiger partial charge in [0.2, 0.25) is 0 Å². The summed E-state index contributed by atoms with van der Waals surface area (Å²) >= 11 is 0. The summed E-state index contributed by atoms with van der Waals surface area (Å²) in [7, 11) is 0. The summed E-state index contributed by atoms with van der Waals surface area (Å²) in [6.07, 6.45) is 3.12. The second-order valence-electron chi connectivity index (χ2n) is 4.84. The molecule has 5 nitrogen and oxygen atoms in total. The Morgan fingerprint density at radius 1 is 1.35 bits per heavy atom. The fraction of sp³-hybridized carbons (Fsp3) is 0.917. The summed E-state index contributed by atoms with van der Waals surface area (Å²) in [5.41, 5.74) is 5.32. The molecule has 0 aliphatic rings. The van der Waals surface area contributed by atoms with Crippen molar-refractivity contribution in [2.75, 3.05) is 26.3 Å². The fourth-order valence-electron chi connectivity index (χ4n) is 1.28. The van der Waals surface area contributed by atoms with E-state index in [-0.39, 0.29) is 11.3 Å².